The molecule has 3 aromatic rings. The van der Waals surface area contributed by atoms with Crippen molar-refractivity contribution in [3.63, 3.8) is 0 Å². The van der Waals surface area contributed by atoms with Gasteiger partial charge in [0.2, 0.25) is 0 Å². The molecule has 0 aliphatic carbocycles. The number of hydrogen-bond donors (Lipinski definition) is 0. The van der Waals surface area contributed by atoms with Crippen molar-refractivity contribution in [2.75, 3.05) is 0 Å². The Morgan fingerprint density at radius 3 is 1.35 bits per heavy atom. The summed E-state index contributed by atoms with van der Waals surface area (Å²) < 4.78 is 14.3. The summed E-state index contributed by atoms with van der Waals surface area (Å²) in [5.74, 6) is 0.382. The van der Waals surface area contributed by atoms with Gasteiger partial charge in [-0.3, -0.25) is 0 Å². The number of hydrogen-bond acceptors (Lipinski definition) is 3. The molecule has 1 aliphatic heterocycles. The summed E-state index contributed by atoms with van der Waals surface area (Å²) in [6, 6.07) is 29.2. The van der Waals surface area contributed by atoms with Gasteiger partial charge in [0.15, 0.2) is 0 Å². The Kier molecular flexibility index (Phi) is 6.56. The molecule has 31 heavy (non-hydrogen) atoms. The minimum atomic E-state index is -2.21. The Morgan fingerprint density at radius 1 is 0.645 bits per heavy atom. The third-order valence-electron chi connectivity index (χ3n) is 6.20. The van der Waals surface area contributed by atoms with Crippen LogP contribution in [0.4, 0.5) is 0 Å². The van der Waals surface area contributed by atoms with E-state index in [1.165, 1.54) is 5.30 Å². The van der Waals surface area contributed by atoms with E-state index in [0.717, 1.165) is 10.9 Å². The zero-order valence-corrected chi connectivity index (χ0v) is 20.4. The van der Waals surface area contributed by atoms with Crippen LogP contribution < -0.4 is 16.2 Å². The topological polar surface area (TPSA) is 18.5 Å². The molecule has 1 saturated heterocycles. The maximum Gasteiger partial charge on any atom is 0.299 e. The second-order valence-corrected chi connectivity index (χ2v) is 13.9. The molecule has 0 aromatic heterocycles. The van der Waals surface area contributed by atoms with Gasteiger partial charge in [-0.15, -0.1) is 10.9 Å². The molecule has 0 N–H and O–H groups in total. The van der Waals surface area contributed by atoms with E-state index in [1.807, 2.05) is 18.2 Å². The van der Waals surface area contributed by atoms with E-state index in [9.17, 15) is 0 Å². The fourth-order valence-corrected chi connectivity index (χ4v) is 10.9. The Balaban J connectivity index is 1.96. The fraction of sp³-hybridized carbons (Fsp3) is 0.308. The third kappa shape index (κ3) is 3.96. The smallest absolute Gasteiger partial charge is 0.299 e. The van der Waals surface area contributed by atoms with Crippen LogP contribution in [0.25, 0.3) is 0 Å². The predicted octanol–water partition coefficient (Wildman–Crippen LogP) is 5.06. The van der Waals surface area contributed by atoms with Crippen LogP contribution in [0.15, 0.2) is 91.0 Å². The summed E-state index contributed by atoms with van der Waals surface area (Å²) in [7, 11) is 0. The summed E-state index contributed by atoms with van der Waals surface area (Å²) in [4.78, 5) is 0. The highest BCUT2D eigenvalue weighted by Gasteiger charge is 2.51. The van der Waals surface area contributed by atoms with Gasteiger partial charge in [0.25, 0.3) is 6.55 Å². The molecular weight excluding hydrogens is 418 g/mol. The Labute approximate surface area is 192 Å². The van der Waals surface area contributed by atoms with Crippen LogP contribution in [0.1, 0.15) is 27.7 Å². The van der Waals surface area contributed by atoms with Gasteiger partial charge >= 0.3 is 0 Å². The summed E-state index contributed by atoms with van der Waals surface area (Å²) >= 11 is 6.59. The molecule has 1 fully saturated rings. The van der Waals surface area contributed by atoms with Crippen molar-refractivity contribution in [1.82, 2.24) is 0 Å². The van der Waals surface area contributed by atoms with Gasteiger partial charge in [-0.1, -0.05) is 130 Å². The van der Waals surface area contributed by atoms with Crippen LogP contribution in [0.5, 0.6) is 0 Å². The zero-order chi connectivity index (χ0) is 22.1. The van der Waals surface area contributed by atoms with Crippen molar-refractivity contribution in [2.45, 2.75) is 39.4 Å². The van der Waals surface area contributed by atoms with Crippen LogP contribution in [-0.4, -0.2) is 18.2 Å². The normalized spacial score (nSPS) is 25.6. The van der Waals surface area contributed by atoms with E-state index >= 15 is 0 Å². The van der Waals surface area contributed by atoms with Gasteiger partial charge in [-0.05, 0) is 17.1 Å². The van der Waals surface area contributed by atoms with Crippen molar-refractivity contribution in [1.29, 1.82) is 0 Å². The first-order valence-electron chi connectivity index (χ1n) is 11.2. The van der Waals surface area contributed by atoms with Gasteiger partial charge in [-0.25, -0.2) is 0 Å². The molecule has 0 bridgehead atoms. The lowest BCUT2D eigenvalue weighted by atomic mass is 9.46. The van der Waals surface area contributed by atoms with E-state index in [1.54, 1.807) is 0 Å². The molecule has 162 valence electrons. The molecule has 0 amide bonds. The molecule has 5 heteroatoms. The Bertz CT molecular complexity index is 977. The summed E-state index contributed by atoms with van der Waals surface area (Å²) in [5.41, 5.74) is 2.14. The number of rotatable bonds is 5. The minimum Gasteiger partial charge on any atom is -0.554 e. The maximum absolute atomic E-state index is 7.14. The SMILES string of the molecule is CC(C)C1O[B-](c2ccccc2)(c2ccccc2)OC(C(C)C)P1(=S)c1ccccc1. The van der Waals surface area contributed by atoms with E-state index < -0.39 is 12.6 Å². The monoisotopic (exact) mass is 449 g/mol. The van der Waals surface area contributed by atoms with Crippen LogP contribution in [0.2, 0.25) is 0 Å². The average Bonchev–Trinajstić information content (AvgIpc) is 2.80. The van der Waals surface area contributed by atoms with E-state index in [2.05, 4.69) is 100 Å². The third-order valence-corrected chi connectivity index (χ3v) is 12.1. The van der Waals surface area contributed by atoms with Gasteiger partial charge < -0.3 is 9.31 Å². The van der Waals surface area contributed by atoms with E-state index in [4.69, 9.17) is 21.1 Å². The molecule has 0 saturated carbocycles. The first kappa shape index (κ1) is 22.5. The predicted molar refractivity (Wildman–Crippen MR) is 138 cm³/mol. The standard InChI is InChI=1S/C26H31BO2PS/c1-20(2)25-28-27(22-14-8-5-9-15-22,23-16-10-6-11-17-23)29-26(21(3)4)30(25,31)24-18-12-7-13-19-24/h5-21,25-26H,1-4H3/q-1. The number of benzene rings is 3. The summed E-state index contributed by atoms with van der Waals surface area (Å²) in [5, 5.41) is 1.20. The molecule has 1 aliphatic rings. The van der Waals surface area contributed by atoms with E-state index in [-0.39, 0.29) is 23.5 Å². The van der Waals surface area contributed by atoms with Gasteiger partial charge in [0.1, 0.15) is 0 Å². The highest BCUT2D eigenvalue weighted by molar-refractivity contribution is 8.18. The first-order chi connectivity index (χ1) is 14.9. The second-order valence-electron chi connectivity index (χ2n) is 9.12. The van der Waals surface area contributed by atoms with Gasteiger partial charge in [-0.2, -0.15) is 0 Å². The summed E-state index contributed by atoms with van der Waals surface area (Å²) in [6.07, 6.45) is 0. The first-order valence-corrected chi connectivity index (χ1v) is 14.1. The van der Waals surface area contributed by atoms with Crippen LogP contribution in [-0.2, 0) is 21.1 Å². The molecule has 2 nitrogen and oxygen atoms in total. The molecule has 0 spiro atoms. The summed E-state index contributed by atoms with van der Waals surface area (Å²) in [6.45, 7) is 7.05. The van der Waals surface area contributed by atoms with Crippen molar-refractivity contribution < 1.29 is 9.31 Å². The molecular formula is C26H31BO2PS-. The fourth-order valence-electron chi connectivity index (χ4n) is 4.82. The van der Waals surface area contributed by atoms with Crippen molar-refractivity contribution in [2.24, 2.45) is 11.8 Å². The molecule has 1 heterocycles. The van der Waals surface area contributed by atoms with Crippen LogP contribution >= 0.6 is 6.04 Å². The quantitative estimate of drug-likeness (QED) is 0.401. The lowest BCUT2D eigenvalue weighted by Crippen LogP contribution is -2.69. The highest BCUT2D eigenvalue weighted by Crippen LogP contribution is 2.63. The van der Waals surface area contributed by atoms with Crippen molar-refractivity contribution in [3.05, 3.63) is 91.0 Å². The average molecular weight is 449 g/mol. The van der Waals surface area contributed by atoms with E-state index in [0.29, 0.717) is 0 Å². The van der Waals surface area contributed by atoms with Gasteiger partial charge in [0.05, 0.1) is 11.7 Å². The largest absolute Gasteiger partial charge is 0.554 e. The molecule has 0 radical (unpaired) electrons. The minimum absolute atomic E-state index is 0.0773. The van der Waals surface area contributed by atoms with Crippen molar-refractivity contribution in [3.8, 4) is 0 Å². The van der Waals surface area contributed by atoms with Crippen LogP contribution in [0, 0.1) is 11.8 Å². The molecule has 3 aromatic carbocycles. The highest BCUT2D eigenvalue weighted by atomic mass is 32.4. The van der Waals surface area contributed by atoms with Crippen molar-refractivity contribution >= 4 is 40.6 Å². The molecule has 2 unspecified atom stereocenters. The Hall–Kier alpha value is -1.71. The molecule has 2 atom stereocenters. The van der Waals surface area contributed by atoms with Crippen LogP contribution in [0.3, 0.4) is 0 Å². The zero-order valence-electron chi connectivity index (χ0n) is 18.7. The van der Waals surface area contributed by atoms with Gasteiger partial charge in [0, 0.05) is 6.04 Å². The lowest BCUT2D eigenvalue weighted by molar-refractivity contribution is 0.0935. The Morgan fingerprint density at radius 2 is 1.00 bits per heavy atom. The maximum atomic E-state index is 7.14. The second kappa shape index (κ2) is 9.04. The molecule has 4 rings (SSSR count). The lowest BCUT2D eigenvalue weighted by Gasteiger charge is -2.60.